The summed E-state index contributed by atoms with van der Waals surface area (Å²) in [5.41, 5.74) is 2.13. The van der Waals surface area contributed by atoms with Crippen LogP contribution in [0, 0.1) is 13.8 Å². The first-order chi connectivity index (χ1) is 14.0. The van der Waals surface area contributed by atoms with Crippen LogP contribution in [0.25, 0.3) is 10.9 Å². The molecule has 0 atom stereocenters. The summed E-state index contributed by atoms with van der Waals surface area (Å²) in [4.78, 5) is 39.8. The van der Waals surface area contributed by atoms with Crippen LogP contribution in [0.15, 0.2) is 59.4 Å². The minimum Gasteiger partial charge on any atom is -0.326 e. The van der Waals surface area contributed by atoms with Crippen LogP contribution in [-0.4, -0.2) is 25.8 Å². The number of aromatic amines is 1. The number of para-hydroxylation sites is 1. The van der Waals surface area contributed by atoms with Gasteiger partial charge in [0.1, 0.15) is 10.7 Å². The molecule has 0 radical (unpaired) electrons. The fourth-order valence-corrected chi connectivity index (χ4v) is 4.15. The normalized spacial score (nSPS) is 11.0. The molecule has 146 valence electrons. The molecule has 4 aromatic rings. The Labute approximate surface area is 171 Å². The van der Waals surface area contributed by atoms with E-state index in [9.17, 15) is 9.59 Å². The van der Waals surface area contributed by atoms with Gasteiger partial charge in [-0.3, -0.25) is 9.59 Å². The molecular formula is C22H20N4O2S. The maximum atomic E-state index is 13.3. The van der Waals surface area contributed by atoms with E-state index >= 15 is 0 Å². The van der Waals surface area contributed by atoms with Crippen molar-refractivity contribution < 1.29 is 4.79 Å². The molecule has 2 heterocycles. The number of amides is 1. The van der Waals surface area contributed by atoms with Gasteiger partial charge in [0.05, 0.1) is 28.1 Å². The number of carbonyl (C=O) groups is 1. The van der Waals surface area contributed by atoms with Gasteiger partial charge in [0.15, 0.2) is 0 Å². The van der Waals surface area contributed by atoms with E-state index in [0.29, 0.717) is 28.1 Å². The predicted molar refractivity (Wildman–Crippen MR) is 114 cm³/mol. The van der Waals surface area contributed by atoms with E-state index in [-0.39, 0.29) is 18.0 Å². The lowest BCUT2D eigenvalue weighted by Gasteiger charge is -2.22. The largest absolute Gasteiger partial charge is 0.326 e. The Bertz CT molecular complexity index is 1230. The van der Waals surface area contributed by atoms with Gasteiger partial charge in [-0.15, -0.1) is 11.3 Å². The third kappa shape index (κ3) is 4.09. The zero-order chi connectivity index (χ0) is 20.4. The summed E-state index contributed by atoms with van der Waals surface area (Å²) in [6, 6.07) is 17.0. The van der Waals surface area contributed by atoms with E-state index in [1.807, 2.05) is 50.2 Å². The number of fused-ring (bicyclic) bond motifs is 1. The lowest BCUT2D eigenvalue weighted by atomic mass is 10.2. The van der Waals surface area contributed by atoms with E-state index < -0.39 is 0 Å². The highest BCUT2D eigenvalue weighted by molar-refractivity contribution is 7.13. The summed E-state index contributed by atoms with van der Waals surface area (Å²) in [5.74, 6) is 0.338. The van der Waals surface area contributed by atoms with E-state index in [2.05, 4.69) is 15.0 Å². The van der Waals surface area contributed by atoms with E-state index in [1.54, 1.807) is 23.1 Å². The summed E-state index contributed by atoms with van der Waals surface area (Å²) in [6.07, 6.45) is 0. The van der Waals surface area contributed by atoms with E-state index in [4.69, 9.17) is 0 Å². The van der Waals surface area contributed by atoms with Crippen LogP contribution in [0.1, 0.15) is 31.8 Å². The molecule has 0 spiro atoms. The average molecular weight is 404 g/mol. The summed E-state index contributed by atoms with van der Waals surface area (Å²) < 4.78 is 0. The van der Waals surface area contributed by atoms with Crippen LogP contribution >= 0.6 is 11.3 Å². The summed E-state index contributed by atoms with van der Waals surface area (Å²) in [6.45, 7) is 4.34. The molecule has 29 heavy (non-hydrogen) atoms. The molecule has 0 aliphatic rings. The van der Waals surface area contributed by atoms with Crippen molar-refractivity contribution in [3.05, 3.63) is 91.9 Å². The molecule has 7 heteroatoms. The number of rotatable bonds is 5. The molecular weight excluding hydrogens is 384 g/mol. The van der Waals surface area contributed by atoms with Crippen LogP contribution < -0.4 is 5.56 Å². The maximum absolute atomic E-state index is 13.3. The van der Waals surface area contributed by atoms with Gasteiger partial charge in [0, 0.05) is 6.54 Å². The number of thiazole rings is 1. The Morgan fingerprint density at radius 1 is 1.00 bits per heavy atom. The van der Waals surface area contributed by atoms with Crippen molar-refractivity contribution >= 4 is 28.1 Å². The van der Waals surface area contributed by atoms with Gasteiger partial charge < -0.3 is 9.88 Å². The third-order valence-corrected chi connectivity index (χ3v) is 5.66. The fourth-order valence-electron chi connectivity index (χ4n) is 3.27. The number of aromatic nitrogens is 3. The highest BCUT2D eigenvalue weighted by Gasteiger charge is 2.22. The zero-order valence-electron chi connectivity index (χ0n) is 16.2. The SMILES string of the molecule is Cc1nc(C)c(C(=O)N(Cc2ccccc2)Cc2nc3ccccc3c(=O)[nH]2)s1. The predicted octanol–water partition coefficient (Wildman–Crippen LogP) is 3.84. The number of benzene rings is 2. The highest BCUT2D eigenvalue weighted by atomic mass is 32.1. The standard InChI is InChI=1S/C22H20N4O2S/c1-14-20(29-15(2)23-14)22(28)26(12-16-8-4-3-5-9-16)13-19-24-18-11-7-6-10-17(18)21(27)25-19/h3-11H,12-13H2,1-2H3,(H,24,25,27). The smallest absolute Gasteiger partial charge is 0.266 e. The van der Waals surface area contributed by atoms with Crippen molar-refractivity contribution in [3.8, 4) is 0 Å². The molecule has 0 unspecified atom stereocenters. The Hall–Kier alpha value is -3.32. The molecule has 4 rings (SSSR count). The monoisotopic (exact) mass is 404 g/mol. The first-order valence-electron chi connectivity index (χ1n) is 9.26. The van der Waals surface area contributed by atoms with E-state index in [0.717, 1.165) is 16.3 Å². The molecule has 0 aliphatic carbocycles. The minimum atomic E-state index is -0.206. The number of hydrogen-bond donors (Lipinski definition) is 1. The van der Waals surface area contributed by atoms with E-state index in [1.165, 1.54) is 11.3 Å². The van der Waals surface area contributed by atoms with Gasteiger partial charge in [0.2, 0.25) is 0 Å². The molecule has 0 fully saturated rings. The molecule has 0 aliphatic heterocycles. The number of nitrogens with zero attached hydrogens (tertiary/aromatic N) is 3. The molecule has 1 amide bonds. The number of H-pyrrole nitrogens is 1. The molecule has 6 nitrogen and oxygen atoms in total. The summed E-state index contributed by atoms with van der Waals surface area (Å²) in [7, 11) is 0. The third-order valence-electron chi connectivity index (χ3n) is 4.60. The summed E-state index contributed by atoms with van der Waals surface area (Å²) >= 11 is 1.38. The van der Waals surface area contributed by atoms with Gasteiger partial charge in [-0.05, 0) is 31.5 Å². The maximum Gasteiger partial charge on any atom is 0.266 e. The molecule has 2 aromatic heterocycles. The van der Waals surface area contributed by atoms with Gasteiger partial charge in [-0.1, -0.05) is 42.5 Å². The van der Waals surface area contributed by atoms with Gasteiger partial charge in [0.25, 0.3) is 11.5 Å². The Kier molecular flexibility index (Phi) is 5.22. The molecule has 0 bridgehead atoms. The molecule has 0 saturated heterocycles. The molecule has 1 N–H and O–H groups in total. The second kappa shape index (κ2) is 7.97. The van der Waals surface area contributed by atoms with Crippen LogP contribution in [0.5, 0.6) is 0 Å². The van der Waals surface area contributed by atoms with Gasteiger partial charge in [-0.2, -0.15) is 0 Å². The number of hydrogen-bond acceptors (Lipinski definition) is 5. The molecule has 2 aromatic carbocycles. The quantitative estimate of drug-likeness (QED) is 0.548. The number of aryl methyl sites for hydroxylation is 2. The Morgan fingerprint density at radius 2 is 1.72 bits per heavy atom. The van der Waals surface area contributed by atoms with Crippen molar-refractivity contribution in [1.82, 2.24) is 19.9 Å². The highest BCUT2D eigenvalue weighted by Crippen LogP contribution is 2.21. The minimum absolute atomic E-state index is 0.118. The summed E-state index contributed by atoms with van der Waals surface area (Å²) in [5, 5.41) is 1.38. The van der Waals surface area contributed by atoms with Gasteiger partial charge >= 0.3 is 0 Å². The van der Waals surface area contributed by atoms with Crippen molar-refractivity contribution in [1.29, 1.82) is 0 Å². The first kappa shape index (κ1) is 19.0. The Balaban J connectivity index is 1.71. The van der Waals surface area contributed by atoms with Crippen LogP contribution in [0.3, 0.4) is 0 Å². The first-order valence-corrected chi connectivity index (χ1v) is 10.1. The van der Waals surface area contributed by atoms with Crippen LogP contribution in [-0.2, 0) is 13.1 Å². The second-order valence-corrected chi connectivity index (χ2v) is 8.03. The second-order valence-electron chi connectivity index (χ2n) is 6.82. The number of carbonyl (C=O) groups excluding carboxylic acids is 1. The fraction of sp³-hybridized carbons (Fsp3) is 0.182. The van der Waals surface area contributed by atoms with Gasteiger partial charge in [-0.25, -0.2) is 9.97 Å². The van der Waals surface area contributed by atoms with Crippen molar-refractivity contribution in [2.24, 2.45) is 0 Å². The van der Waals surface area contributed by atoms with Crippen molar-refractivity contribution in [2.75, 3.05) is 0 Å². The molecule has 0 saturated carbocycles. The zero-order valence-corrected chi connectivity index (χ0v) is 17.0. The van der Waals surface area contributed by atoms with Crippen LogP contribution in [0.2, 0.25) is 0 Å². The van der Waals surface area contributed by atoms with Crippen LogP contribution in [0.4, 0.5) is 0 Å². The number of nitrogens with one attached hydrogen (secondary N) is 1. The van der Waals surface area contributed by atoms with Crippen molar-refractivity contribution in [3.63, 3.8) is 0 Å². The lowest BCUT2D eigenvalue weighted by Crippen LogP contribution is -2.31. The topological polar surface area (TPSA) is 79.0 Å². The average Bonchev–Trinajstić information content (AvgIpc) is 3.06. The Morgan fingerprint density at radius 3 is 2.45 bits per heavy atom. The lowest BCUT2D eigenvalue weighted by molar-refractivity contribution is 0.0729. The van der Waals surface area contributed by atoms with Crippen molar-refractivity contribution in [2.45, 2.75) is 26.9 Å².